The van der Waals surface area contributed by atoms with Crippen molar-refractivity contribution in [1.82, 2.24) is 4.90 Å². The molecule has 31 heavy (non-hydrogen) atoms. The number of para-hydroxylation sites is 1. The van der Waals surface area contributed by atoms with E-state index < -0.39 is 17.5 Å². The molecule has 2 aromatic carbocycles. The molecule has 3 atom stereocenters. The van der Waals surface area contributed by atoms with Crippen LogP contribution in [-0.4, -0.2) is 66.5 Å². The van der Waals surface area contributed by atoms with E-state index in [0.29, 0.717) is 6.54 Å². The SMILES string of the molecule is COc1ccc([C@@H]2Sc3ccccc3N(CC(O)CN3CCCC3)C(=O)[C@@H]2O)cc1.Cl. The average molecular weight is 465 g/mol. The van der Waals surface area contributed by atoms with Crippen LogP contribution in [0.15, 0.2) is 53.4 Å². The standard InChI is InChI=1S/C23H28N2O4S.ClH/c1-29-18-10-8-16(9-11-18)22-21(27)23(28)25(19-6-2-3-7-20(19)30-22)15-17(26)14-24-12-4-5-13-24;/h2-3,6-11,17,21-22,26-27H,4-5,12-15H2,1H3;1H/t17?,21-,22+;/m1./s1. The molecule has 1 unspecified atom stereocenters. The lowest BCUT2D eigenvalue weighted by molar-refractivity contribution is -0.127. The van der Waals surface area contributed by atoms with E-state index in [9.17, 15) is 15.0 Å². The molecule has 0 bridgehead atoms. The van der Waals surface area contributed by atoms with Gasteiger partial charge in [0.25, 0.3) is 5.91 Å². The van der Waals surface area contributed by atoms with Gasteiger partial charge in [0, 0.05) is 11.4 Å². The highest BCUT2D eigenvalue weighted by Gasteiger charge is 2.38. The minimum absolute atomic E-state index is 0. The zero-order valence-electron chi connectivity index (χ0n) is 17.5. The van der Waals surface area contributed by atoms with E-state index in [0.717, 1.165) is 47.8 Å². The summed E-state index contributed by atoms with van der Waals surface area (Å²) in [4.78, 5) is 18.0. The number of aliphatic hydroxyl groups excluding tert-OH is 2. The molecule has 8 heteroatoms. The van der Waals surface area contributed by atoms with Gasteiger partial charge in [-0.05, 0) is 55.8 Å². The summed E-state index contributed by atoms with van der Waals surface area (Å²) >= 11 is 1.47. The van der Waals surface area contributed by atoms with Crippen molar-refractivity contribution in [3.05, 3.63) is 54.1 Å². The molecule has 2 N–H and O–H groups in total. The molecule has 0 spiro atoms. The highest BCUT2D eigenvalue weighted by Crippen LogP contribution is 2.45. The third-order valence-corrected chi connectivity index (χ3v) is 7.10. The second-order valence-corrected chi connectivity index (χ2v) is 9.02. The number of carbonyl (C=O) groups is 1. The molecule has 0 aromatic heterocycles. The number of rotatable bonds is 6. The van der Waals surface area contributed by atoms with Gasteiger partial charge >= 0.3 is 0 Å². The van der Waals surface area contributed by atoms with Gasteiger partial charge in [0.15, 0.2) is 0 Å². The first-order chi connectivity index (χ1) is 14.6. The largest absolute Gasteiger partial charge is 0.497 e. The number of carbonyl (C=O) groups excluding carboxylic acids is 1. The van der Waals surface area contributed by atoms with Crippen molar-refractivity contribution in [2.75, 3.05) is 38.2 Å². The molecular formula is C23H29ClN2O4S. The number of nitrogens with zero attached hydrogens (tertiary/aromatic N) is 2. The van der Waals surface area contributed by atoms with Crippen LogP contribution in [-0.2, 0) is 4.79 Å². The van der Waals surface area contributed by atoms with Gasteiger partial charge in [0.2, 0.25) is 0 Å². The number of anilines is 1. The maximum atomic E-state index is 13.3. The third-order valence-electron chi connectivity index (χ3n) is 5.72. The zero-order chi connectivity index (χ0) is 21.1. The van der Waals surface area contributed by atoms with Crippen LogP contribution in [0.1, 0.15) is 23.7 Å². The first-order valence-corrected chi connectivity index (χ1v) is 11.2. The van der Waals surface area contributed by atoms with Crippen LogP contribution in [0.5, 0.6) is 5.75 Å². The molecule has 0 aliphatic carbocycles. The molecule has 2 aromatic rings. The molecule has 6 nitrogen and oxygen atoms in total. The van der Waals surface area contributed by atoms with E-state index in [1.807, 2.05) is 48.5 Å². The number of aliphatic hydroxyl groups is 2. The van der Waals surface area contributed by atoms with Crippen LogP contribution in [0.3, 0.4) is 0 Å². The lowest BCUT2D eigenvalue weighted by Crippen LogP contribution is -2.46. The number of hydrogen-bond donors (Lipinski definition) is 2. The number of likely N-dealkylation sites (tertiary alicyclic amines) is 1. The predicted octanol–water partition coefficient (Wildman–Crippen LogP) is 3.11. The summed E-state index contributed by atoms with van der Waals surface area (Å²) in [6.45, 7) is 2.68. The van der Waals surface area contributed by atoms with Crippen molar-refractivity contribution in [3.63, 3.8) is 0 Å². The summed E-state index contributed by atoms with van der Waals surface area (Å²) in [5.41, 5.74) is 1.60. The smallest absolute Gasteiger partial charge is 0.257 e. The van der Waals surface area contributed by atoms with E-state index in [4.69, 9.17) is 4.74 Å². The second-order valence-electron chi connectivity index (χ2n) is 7.83. The molecule has 1 fully saturated rings. The summed E-state index contributed by atoms with van der Waals surface area (Å²) in [7, 11) is 1.61. The molecule has 1 saturated heterocycles. The van der Waals surface area contributed by atoms with Crippen LogP contribution >= 0.6 is 24.2 Å². The maximum Gasteiger partial charge on any atom is 0.257 e. The highest BCUT2D eigenvalue weighted by atomic mass is 35.5. The molecule has 1 amide bonds. The molecule has 2 heterocycles. The van der Waals surface area contributed by atoms with E-state index >= 15 is 0 Å². The molecular weight excluding hydrogens is 436 g/mol. The Labute approximate surface area is 193 Å². The number of thioether (sulfide) groups is 1. The molecule has 0 saturated carbocycles. The van der Waals surface area contributed by atoms with Crippen LogP contribution in [0.25, 0.3) is 0 Å². The molecule has 168 valence electrons. The summed E-state index contributed by atoms with van der Waals surface area (Å²) in [6, 6.07) is 15.1. The Morgan fingerprint density at radius 1 is 1.10 bits per heavy atom. The van der Waals surface area contributed by atoms with Crippen molar-refractivity contribution in [3.8, 4) is 5.75 Å². The van der Waals surface area contributed by atoms with E-state index in [1.165, 1.54) is 11.8 Å². The maximum absolute atomic E-state index is 13.3. The zero-order valence-corrected chi connectivity index (χ0v) is 19.1. The van der Waals surface area contributed by atoms with Crippen LogP contribution in [0.4, 0.5) is 5.69 Å². The average Bonchev–Trinajstić information content (AvgIpc) is 3.25. The number of benzene rings is 2. The summed E-state index contributed by atoms with van der Waals surface area (Å²) in [6.07, 6.45) is 0.415. The first kappa shape index (κ1) is 23.9. The number of amides is 1. The van der Waals surface area contributed by atoms with Gasteiger partial charge in [-0.3, -0.25) is 4.79 Å². The van der Waals surface area contributed by atoms with Crippen LogP contribution in [0.2, 0.25) is 0 Å². The van der Waals surface area contributed by atoms with Gasteiger partial charge in [-0.25, -0.2) is 0 Å². The second kappa shape index (κ2) is 10.7. The minimum atomic E-state index is -1.21. The fourth-order valence-corrected chi connectivity index (χ4v) is 5.42. The minimum Gasteiger partial charge on any atom is -0.497 e. The number of fused-ring (bicyclic) bond motifs is 1. The first-order valence-electron chi connectivity index (χ1n) is 10.4. The lowest BCUT2D eigenvalue weighted by atomic mass is 10.1. The van der Waals surface area contributed by atoms with Crippen molar-refractivity contribution < 1.29 is 19.7 Å². The number of methoxy groups -OCH3 is 1. The fraction of sp³-hybridized carbons (Fsp3) is 0.435. The summed E-state index contributed by atoms with van der Waals surface area (Å²) in [5, 5.41) is 21.2. The van der Waals surface area contributed by atoms with E-state index in [2.05, 4.69) is 4.90 Å². The fourth-order valence-electron chi connectivity index (χ4n) is 4.15. The number of halogens is 1. The van der Waals surface area contributed by atoms with Gasteiger partial charge < -0.3 is 24.7 Å². The number of hydrogen-bond acceptors (Lipinski definition) is 6. The van der Waals surface area contributed by atoms with Gasteiger partial charge in [-0.15, -0.1) is 24.2 Å². The van der Waals surface area contributed by atoms with Crippen LogP contribution in [0, 0.1) is 0 Å². The number of β-amino-alcohol motifs (C(OH)–C–C–N with tert-alkyl or cyclic N) is 1. The Kier molecular flexibility index (Phi) is 8.24. The Balaban J connectivity index is 0.00000272. The quantitative estimate of drug-likeness (QED) is 0.684. The molecule has 4 rings (SSSR count). The Hall–Kier alpha value is -1.77. The van der Waals surface area contributed by atoms with Gasteiger partial charge in [0.1, 0.15) is 11.9 Å². The molecule has 2 aliphatic rings. The monoisotopic (exact) mass is 464 g/mol. The van der Waals surface area contributed by atoms with Gasteiger partial charge in [0.05, 0.1) is 30.7 Å². The lowest BCUT2D eigenvalue weighted by Gasteiger charge is -2.28. The van der Waals surface area contributed by atoms with E-state index in [1.54, 1.807) is 12.0 Å². The molecule has 0 radical (unpaired) electrons. The van der Waals surface area contributed by atoms with Gasteiger partial charge in [-0.1, -0.05) is 24.3 Å². The van der Waals surface area contributed by atoms with Crippen molar-refractivity contribution >= 4 is 35.8 Å². The van der Waals surface area contributed by atoms with Crippen LogP contribution < -0.4 is 9.64 Å². The third kappa shape index (κ3) is 5.35. The Morgan fingerprint density at radius 2 is 1.77 bits per heavy atom. The highest BCUT2D eigenvalue weighted by molar-refractivity contribution is 7.99. The van der Waals surface area contributed by atoms with Crippen molar-refractivity contribution in [2.45, 2.75) is 35.2 Å². The number of ether oxygens (including phenoxy) is 1. The predicted molar refractivity (Wildman–Crippen MR) is 125 cm³/mol. The van der Waals surface area contributed by atoms with Crippen molar-refractivity contribution in [1.29, 1.82) is 0 Å². The normalized spacial score (nSPS) is 22.4. The summed E-state index contributed by atoms with van der Waals surface area (Å²) < 4.78 is 5.22. The van der Waals surface area contributed by atoms with Crippen molar-refractivity contribution in [2.24, 2.45) is 0 Å². The summed E-state index contributed by atoms with van der Waals surface area (Å²) in [5.74, 6) is 0.346. The van der Waals surface area contributed by atoms with E-state index in [-0.39, 0.29) is 24.9 Å². The Bertz CT molecular complexity index is 876. The Morgan fingerprint density at radius 3 is 2.45 bits per heavy atom. The molecule has 2 aliphatic heterocycles. The van der Waals surface area contributed by atoms with Gasteiger partial charge in [-0.2, -0.15) is 0 Å². The topological polar surface area (TPSA) is 73.2 Å².